The highest BCUT2D eigenvalue weighted by molar-refractivity contribution is 9.10. The van der Waals surface area contributed by atoms with Crippen LogP contribution < -0.4 is 10.2 Å². The van der Waals surface area contributed by atoms with Gasteiger partial charge in [-0.2, -0.15) is 35.8 Å². The van der Waals surface area contributed by atoms with Crippen molar-refractivity contribution in [1.29, 1.82) is 0 Å². The first-order valence-electron chi connectivity index (χ1n) is 6.97. The fourth-order valence-corrected chi connectivity index (χ4v) is 1.89. The minimum absolute atomic E-state index is 0.115. The molecule has 0 amide bonds. The van der Waals surface area contributed by atoms with Crippen molar-refractivity contribution in [1.82, 2.24) is 5.43 Å². The van der Waals surface area contributed by atoms with Gasteiger partial charge in [0.2, 0.25) is 0 Å². The van der Waals surface area contributed by atoms with Crippen LogP contribution in [0.1, 0.15) is 25.3 Å². The number of halogens is 8. The number of unbranched alkanes of at least 4 members (excludes halogenated alkanes) is 1. The third-order valence-corrected chi connectivity index (χ3v) is 3.38. The fourth-order valence-electron chi connectivity index (χ4n) is 1.51. The highest BCUT2D eigenvalue weighted by Crippen LogP contribution is 2.45. The second-order valence-corrected chi connectivity index (χ2v) is 5.82. The van der Waals surface area contributed by atoms with E-state index >= 15 is 0 Å². The topological polar surface area (TPSA) is 33.6 Å². The smallest absolute Gasteiger partial charge is 0.462 e. The SMILES string of the molecule is CCCCOc1ccc(Br)cc1/C=N\NC(F)(F)C(F)(F)C(F)(F)F. The lowest BCUT2D eigenvalue weighted by Gasteiger charge is -2.27. The monoisotopic (exact) mass is 438 g/mol. The van der Waals surface area contributed by atoms with Crippen LogP contribution in [0, 0.1) is 0 Å². The van der Waals surface area contributed by atoms with Gasteiger partial charge in [0.25, 0.3) is 0 Å². The molecule has 0 heterocycles. The Morgan fingerprint density at radius 1 is 1.16 bits per heavy atom. The maximum atomic E-state index is 13.1. The van der Waals surface area contributed by atoms with Crippen LogP contribution in [0.4, 0.5) is 30.7 Å². The van der Waals surface area contributed by atoms with Crippen LogP contribution in [0.3, 0.4) is 0 Å². The zero-order chi connectivity index (χ0) is 19.3. The molecule has 0 radical (unpaired) electrons. The van der Waals surface area contributed by atoms with E-state index in [-0.39, 0.29) is 11.3 Å². The molecule has 3 nitrogen and oxygen atoms in total. The van der Waals surface area contributed by atoms with Crippen LogP contribution in [-0.4, -0.2) is 31.0 Å². The largest absolute Gasteiger partial charge is 0.493 e. The van der Waals surface area contributed by atoms with Gasteiger partial charge in [0, 0.05) is 10.0 Å². The first kappa shape index (κ1) is 21.5. The summed E-state index contributed by atoms with van der Waals surface area (Å²) in [5.74, 6) is -6.07. The summed E-state index contributed by atoms with van der Waals surface area (Å²) in [7, 11) is 0. The molecule has 0 aliphatic carbocycles. The third-order valence-electron chi connectivity index (χ3n) is 2.89. The number of benzene rings is 1. The lowest BCUT2D eigenvalue weighted by Crippen LogP contribution is -2.58. The minimum atomic E-state index is -6.43. The van der Waals surface area contributed by atoms with E-state index in [1.807, 2.05) is 6.92 Å². The molecule has 0 aromatic heterocycles. The third kappa shape index (κ3) is 5.48. The summed E-state index contributed by atoms with van der Waals surface area (Å²) in [6.07, 6.45) is -4.21. The number of hydrazone groups is 1. The maximum absolute atomic E-state index is 13.1. The lowest BCUT2D eigenvalue weighted by molar-refractivity contribution is -0.361. The van der Waals surface area contributed by atoms with E-state index in [4.69, 9.17) is 4.74 Å². The van der Waals surface area contributed by atoms with E-state index in [9.17, 15) is 30.7 Å². The molecule has 0 unspecified atom stereocenters. The van der Waals surface area contributed by atoms with Crippen molar-refractivity contribution in [3.05, 3.63) is 28.2 Å². The Morgan fingerprint density at radius 2 is 1.80 bits per heavy atom. The Morgan fingerprint density at radius 3 is 2.36 bits per heavy atom. The predicted molar refractivity (Wildman–Crippen MR) is 81.2 cm³/mol. The lowest BCUT2D eigenvalue weighted by atomic mass is 10.2. The van der Waals surface area contributed by atoms with Gasteiger partial charge in [-0.1, -0.05) is 29.3 Å². The average Bonchev–Trinajstić information content (AvgIpc) is 2.48. The van der Waals surface area contributed by atoms with E-state index in [1.165, 1.54) is 12.1 Å². The molecule has 0 aliphatic heterocycles. The van der Waals surface area contributed by atoms with Crippen molar-refractivity contribution < 1.29 is 35.5 Å². The number of nitrogens with zero attached hydrogens (tertiary/aromatic N) is 1. The van der Waals surface area contributed by atoms with E-state index in [1.54, 1.807) is 6.07 Å². The van der Waals surface area contributed by atoms with E-state index in [0.29, 0.717) is 29.1 Å². The first-order valence-corrected chi connectivity index (χ1v) is 7.76. The number of rotatable bonds is 8. The van der Waals surface area contributed by atoms with Crippen molar-refractivity contribution >= 4 is 22.1 Å². The molecular weight excluding hydrogens is 425 g/mol. The molecule has 0 fully saturated rings. The standard InChI is InChI=1S/C14H14BrF7N2O/c1-2-3-6-25-11-5-4-10(15)7-9(11)8-23-24-14(21,22)12(16,17)13(18,19)20/h4-5,7-8,24H,2-3,6H2,1H3/b23-8-. The molecule has 142 valence electrons. The van der Waals surface area contributed by atoms with Crippen molar-refractivity contribution in [2.24, 2.45) is 5.10 Å². The molecule has 1 N–H and O–H groups in total. The zero-order valence-corrected chi connectivity index (χ0v) is 14.4. The van der Waals surface area contributed by atoms with Crippen molar-refractivity contribution in [2.75, 3.05) is 6.61 Å². The van der Waals surface area contributed by atoms with Crippen LogP contribution >= 0.6 is 15.9 Å². The average molecular weight is 439 g/mol. The van der Waals surface area contributed by atoms with Crippen LogP contribution in [0.15, 0.2) is 27.8 Å². The van der Waals surface area contributed by atoms with Gasteiger partial charge in [-0.15, -0.1) is 0 Å². The van der Waals surface area contributed by atoms with Crippen molar-refractivity contribution in [2.45, 2.75) is 37.9 Å². The highest BCUT2D eigenvalue weighted by Gasteiger charge is 2.73. The van der Waals surface area contributed by atoms with Gasteiger partial charge < -0.3 is 4.74 Å². The normalized spacial score (nSPS) is 13.3. The van der Waals surface area contributed by atoms with Gasteiger partial charge in [0.1, 0.15) is 5.75 Å². The van der Waals surface area contributed by atoms with E-state index in [0.717, 1.165) is 6.42 Å². The molecule has 1 aromatic rings. The summed E-state index contributed by atoms with van der Waals surface area (Å²) in [5.41, 5.74) is 0.678. The quantitative estimate of drug-likeness (QED) is 0.195. The Balaban J connectivity index is 2.93. The predicted octanol–water partition coefficient (Wildman–Crippen LogP) is 5.34. The van der Waals surface area contributed by atoms with Crippen molar-refractivity contribution in [3.63, 3.8) is 0 Å². The van der Waals surface area contributed by atoms with Crippen LogP contribution in [0.2, 0.25) is 0 Å². The number of ether oxygens (including phenoxy) is 1. The molecule has 0 spiro atoms. The van der Waals surface area contributed by atoms with Gasteiger partial charge in [0.15, 0.2) is 0 Å². The number of hydrogen-bond acceptors (Lipinski definition) is 3. The molecule has 1 rings (SSSR count). The summed E-state index contributed by atoms with van der Waals surface area (Å²) < 4.78 is 93.6. The Hall–Kier alpha value is -1.52. The molecule has 1 aromatic carbocycles. The summed E-state index contributed by atoms with van der Waals surface area (Å²) >= 11 is 3.11. The molecule has 0 atom stereocenters. The van der Waals surface area contributed by atoms with E-state index < -0.39 is 18.1 Å². The Bertz CT molecular complexity index is 605. The summed E-state index contributed by atoms with van der Waals surface area (Å²) in [5, 5.41) is 2.82. The van der Waals surface area contributed by atoms with Crippen molar-refractivity contribution in [3.8, 4) is 5.75 Å². The summed E-state index contributed by atoms with van der Waals surface area (Å²) in [6, 6.07) is -1.18. The maximum Gasteiger partial charge on any atom is 0.462 e. The fraction of sp³-hybridized carbons (Fsp3) is 0.500. The second-order valence-electron chi connectivity index (χ2n) is 4.90. The van der Waals surface area contributed by atoms with Gasteiger partial charge in [-0.25, -0.2) is 5.43 Å². The van der Waals surface area contributed by atoms with Gasteiger partial charge in [-0.3, -0.25) is 0 Å². The number of alkyl halides is 7. The molecule has 0 aliphatic rings. The van der Waals surface area contributed by atoms with Crippen LogP contribution in [0.25, 0.3) is 0 Å². The van der Waals surface area contributed by atoms with Gasteiger partial charge >= 0.3 is 18.1 Å². The number of hydrogen-bond donors (Lipinski definition) is 1. The molecule has 0 saturated heterocycles. The molecular formula is C14H14BrF7N2O. The highest BCUT2D eigenvalue weighted by atomic mass is 79.9. The van der Waals surface area contributed by atoms with Crippen LogP contribution in [0.5, 0.6) is 5.75 Å². The van der Waals surface area contributed by atoms with E-state index in [2.05, 4.69) is 21.0 Å². The first-order chi connectivity index (χ1) is 11.4. The second kappa shape index (κ2) is 8.24. The molecule has 11 heteroatoms. The molecule has 0 bridgehead atoms. The van der Waals surface area contributed by atoms with Gasteiger partial charge in [-0.05, 0) is 24.6 Å². The van der Waals surface area contributed by atoms with Gasteiger partial charge in [0.05, 0.1) is 12.8 Å². The Kier molecular flexibility index (Phi) is 7.09. The summed E-state index contributed by atoms with van der Waals surface area (Å²) in [6.45, 7) is 2.23. The minimum Gasteiger partial charge on any atom is -0.493 e. The molecule has 25 heavy (non-hydrogen) atoms. The summed E-state index contributed by atoms with van der Waals surface area (Å²) in [4.78, 5) is 0. The zero-order valence-electron chi connectivity index (χ0n) is 12.8. The van der Waals surface area contributed by atoms with Crippen LogP contribution in [-0.2, 0) is 0 Å². The Labute approximate surface area is 147 Å². The number of nitrogens with one attached hydrogen (secondary N) is 1. The molecule has 0 saturated carbocycles.